The molecule has 0 spiro atoms. The van der Waals surface area contributed by atoms with Gasteiger partial charge >= 0.3 is 5.97 Å². The quantitative estimate of drug-likeness (QED) is 0.554. The molecule has 2 atom stereocenters. The highest BCUT2D eigenvalue weighted by molar-refractivity contribution is 5.78. The number of aliphatic hydroxyl groups is 1. The van der Waals surface area contributed by atoms with E-state index in [2.05, 4.69) is 5.32 Å². The number of anilines is 1. The molecule has 0 fully saturated rings. The Morgan fingerprint density at radius 2 is 1.89 bits per heavy atom. The number of hydrogen-bond donors (Lipinski definition) is 4. The van der Waals surface area contributed by atoms with Crippen molar-refractivity contribution < 1.29 is 19.8 Å². The minimum atomic E-state index is -1.57. The van der Waals surface area contributed by atoms with Gasteiger partial charge in [0, 0.05) is 12.1 Å². The van der Waals surface area contributed by atoms with Gasteiger partial charge in [0.15, 0.2) is 6.10 Å². The molecule has 0 heterocycles. The molecule has 1 amide bonds. The van der Waals surface area contributed by atoms with Gasteiger partial charge < -0.3 is 21.3 Å². The van der Waals surface area contributed by atoms with Gasteiger partial charge in [-0.1, -0.05) is 19.1 Å². The number of aliphatic carboxylic acids is 1. The molecule has 1 aromatic rings. The van der Waals surface area contributed by atoms with Crippen LogP contribution in [0.5, 0.6) is 0 Å². The zero-order valence-corrected chi connectivity index (χ0v) is 10.7. The third kappa shape index (κ3) is 4.97. The van der Waals surface area contributed by atoms with E-state index in [0.717, 1.165) is 5.56 Å². The van der Waals surface area contributed by atoms with Crippen molar-refractivity contribution in [1.29, 1.82) is 0 Å². The Kier molecular flexibility index (Phi) is 5.32. The number of amides is 1. The van der Waals surface area contributed by atoms with Crippen LogP contribution < -0.4 is 11.1 Å². The topological polar surface area (TPSA) is 113 Å². The van der Waals surface area contributed by atoms with E-state index in [0.29, 0.717) is 5.69 Å². The number of nitrogen functional groups attached to an aromatic ring is 1. The number of carboxylic acids is 1. The summed E-state index contributed by atoms with van der Waals surface area (Å²) in [6, 6.07) is 7.22. The van der Waals surface area contributed by atoms with E-state index in [4.69, 9.17) is 15.9 Å². The molecular formula is C13H18N2O4. The second-order valence-corrected chi connectivity index (χ2v) is 4.43. The van der Waals surface area contributed by atoms with Gasteiger partial charge in [-0.15, -0.1) is 0 Å². The molecule has 6 heteroatoms. The van der Waals surface area contributed by atoms with Crippen LogP contribution in [0.1, 0.15) is 24.8 Å². The predicted octanol–water partition coefficient (Wildman–Crippen LogP) is 0.324. The van der Waals surface area contributed by atoms with Gasteiger partial charge in [0.05, 0.1) is 6.54 Å². The minimum Gasteiger partial charge on any atom is -0.479 e. The first-order valence-electron chi connectivity index (χ1n) is 5.93. The number of rotatable bonds is 6. The first-order valence-corrected chi connectivity index (χ1v) is 5.93. The van der Waals surface area contributed by atoms with E-state index in [1.165, 1.54) is 0 Å². The maximum Gasteiger partial charge on any atom is 0.334 e. The van der Waals surface area contributed by atoms with Gasteiger partial charge in [0.25, 0.3) is 0 Å². The Morgan fingerprint density at radius 1 is 1.32 bits per heavy atom. The third-order valence-electron chi connectivity index (χ3n) is 2.77. The molecule has 1 rings (SSSR count). The highest BCUT2D eigenvalue weighted by Crippen LogP contribution is 2.19. The highest BCUT2D eigenvalue weighted by atomic mass is 16.4. The Morgan fingerprint density at radius 3 is 2.42 bits per heavy atom. The molecule has 19 heavy (non-hydrogen) atoms. The van der Waals surface area contributed by atoms with Crippen LogP contribution in [-0.4, -0.2) is 34.7 Å². The van der Waals surface area contributed by atoms with Crippen LogP contribution in [0, 0.1) is 0 Å². The summed E-state index contributed by atoms with van der Waals surface area (Å²) in [5.74, 6) is -1.67. The second kappa shape index (κ2) is 6.75. The molecule has 1 aromatic carbocycles. The molecule has 0 saturated carbocycles. The van der Waals surface area contributed by atoms with E-state index >= 15 is 0 Å². The number of carbonyl (C=O) groups is 2. The van der Waals surface area contributed by atoms with E-state index in [1.54, 1.807) is 12.1 Å². The van der Waals surface area contributed by atoms with Crippen molar-refractivity contribution in [1.82, 2.24) is 5.32 Å². The van der Waals surface area contributed by atoms with Crippen LogP contribution in [0.4, 0.5) is 5.69 Å². The molecule has 0 aromatic heterocycles. The smallest absolute Gasteiger partial charge is 0.334 e. The zero-order chi connectivity index (χ0) is 14.4. The lowest BCUT2D eigenvalue weighted by Crippen LogP contribution is -2.36. The summed E-state index contributed by atoms with van der Waals surface area (Å²) in [6.07, 6.45) is -1.35. The van der Waals surface area contributed by atoms with Gasteiger partial charge in [-0.25, -0.2) is 4.79 Å². The van der Waals surface area contributed by atoms with Crippen molar-refractivity contribution >= 4 is 17.6 Å². The number of carboxylic acid groups (broad SMARTS) is 1. The van der Waals surface area contributed by atoms with Gasteiger partial charge in [0.1, 0.15) is 0 Å². The summed E-state index contributed by atoms with van der Waals surface area (Å²) >= 11 is 0. The molecule has 0 aliphatic carbocycles. The fourth-order valence-corrected chi connectivity index (χ4v) is 1.59. The summed E-state index contributed by atoms with van der Waals surface area (Å²) in [7, 11) is 0. The van der Waals surface area contributed by atoms with Crippen LogP contribution in [0.15, 0.2) is 24.3 Å². The first kappa shape index (κ1) is 15.0. The molecule has 0 saturated heterocycles. The summed E-state index contributed by atoms with van der Waals surface area (Å²) in [4.78, 5) is 22.0. The maximum atomic E-state index is 11.6. The fraction of sp³-hybridized carbons (Fsp3) is 0.385. The SMILES string of the molecule is CC(CC(=O)NCC(O)C(=O)O)c1ccc(N)cc1. The number of aliphatic hydroxyl groups excluding tert-OH is 1. The van der Waals surface area contributed by atoms with E-state index in [-0.39, 0.29) is 24.8 Å². The van der Waals surface area contributed by atoms with Crippen LogP contribution in [0.2, 0.25) is 0 Å². The van der Waals surface area contributed by atoms with Crippen LogP contribution in [0.25, 0.3) is 0 Å². The molecular weight excluding hydrogens is 248 g/mol. The van der Waals surface area contributed by atoms with E-state index < -0.39 is 12.1 Å². The van der Waals surface area contributed by atoms with Crippen LogP contribution in [0.3, 0.4) is 0 Å². The van der Waals surface area contributed by atoms with E-state index in [1.807, 2.05) is 19.1 Å². The third-order valence-corrected chi connectivity index (χ3v) is 2.77. The number of nitrogens with one attached hydrogen (secondary N) is 1. The lowest BCUT2D eigenvalue weighted by Gasteiger charge is -2.13. The first-order chi connectivity index (χ1) is 8.90. The molecule has 0 bridgehead atoms. The minimum absolute atomic E-state index is 0.0115. The van der Waals surface area contributed by atoms with Crippen molar-refractivity contribution in [2.75, 3.05) is 12.3 Å². The fourth-order valence-electron chi connectivity index (χ4n) is 1.59. The van der Waals surface area contributed by atoms with Crippen molar-refractivity contribution in [3.63, 3.8) is 0 Å². The molecule has 104 valence electrons. The Bertz CT molecular complexity index is 444. The zero-order valence-electron chi connectivity index (χ0n) is 10.7. The number of nitrogens with two attached hydrogens (primary N) is 1. The molecule has 2 unspecified atom stereocenters. The van der Waals surface area contributed by atoms with Gasteiger partial charge in [-0.2, -0.15) is 0 Å². The van der Waals surface area contributed by atoms with Crippen LogP contribution in [-0.2, 0) is 9.59 Å². The Labute approximate surface area is 111 Å². The number of carbonyl (C=O) groups excluding carboxylic acids is 1. The van der Waals surface area contributed by atoms with Gasteiger partial charge in [0.2, 0.25) is 5.91 Å². The average molecular weight is 266 g/mol. The Hall–Kier alpha value is -2.08. The molecule has 0 aliphatic heterocycles. The normalized spacial score (nSPS) is 13.6. The Balaban J connectivity index is 2.44. The van der Waals surface area contributed by atoms with Gasteiger partial charge in [-0.3, -0.25) is 4.79 Å². The molecule has 5 N–H and O–H groups in total. The van der Waals surface area contributed by atoms with Crippen molar-refractivity contribution in [2.45, 2.75) is 25.4 Å². The summed E-state index contributed by atoms with van der Waals surface area (Å²) in [5, 5.41) is 19.9. The predicted molar refractivity (Wildman–Crippen MR) is 70.5 cm³/mol. The lowest BCUT2D eigenvalue weighted by molar-refractivity contribution is -0.146. The van der Waals surface area contributed by atoms with Gasteiger partial charge in [-0.05, 0) is 23.6 Å². The monoisotopic (exact) mass is 266 g/mol. The lowest BCUT2D eigenvalue weighted by atomic mass is 9.97. The molecule has 0 aliphatic rings. The molecule has 0 radical (unpaired) electrons. The average Bonchev–Trinajstić information content (AvgIpc) is 2.36. The molecule has 6 nitrogen and oxygen atoms in total. The summed E-state index contributed by atoms with van der Waals surface area (Å²) in [6.45, 7) is 1.60. The summed E-state index contributed by atoms with van der Waals surface area (Å²) in [5.41, 5.74) is 7.21. The summed E-state index contributed by atoms with van der Waals surface area (Å²) < 4.78 is 0. The largest absolute Gasteiger partial charge is 0.479 e. The second-order valence-electron chi connectivity index (χ2n) is 4.43. The van der Waals surface area contributed by atoms with Crippen LogP contribution >= 0.6 is 0 Å². The van der Waals surface area contributed by atoms with Crippen molar-refractivity contribution in [2.24, 2.45) is 0 Å². The van der Waals surface area contributed by atoms with Crippen molar-refractivity contribution in [3.05, 3.63) is 29.8 Å². The number of benzene rings is 1. The van der Waals surface area contributed by atoms with E-state index in [9.17, 15) is 9.59 Å². The standard InChI is InChI=1S/C13H18N2O4/c1-8(9-2-4-10(14)5-3-9)6-12(17)15-7-11(16)13(18)19/h2-5,8,11,16H,6-7,14H2,1H3,(H,15,17)(H,18,19). The van der Waals surface area contributed by atoms with Crippen molar-refractivity contribution in [3.8, 4) is 0 Å². The maximum absolute atomic E-state index is 11.6. The number of hydrogen-bond acceptors (Lipinski definition) is 4. The highest BCUT2D eigenvalue weighted by Gasteiger charge is 2.16.